The number of benzene rings is 3. The maximum absolute atomic E-state index is 14.4. The zero-order valence-corrected chi connectivity index (χ0v) is 46.5. The molecule has 3 aromatic carbocycles. The van der Waals surface area contributed by atoms with Crippen molar-refractivity contribution < 1.29 is 72.5 Å². The van der Waals surface area contributed by atoms with Gasteiger partial charge in [0.15, 0.2) is 0 Å². The van der Waals surface area contributed by atoms with E-state index in [2.05, 4.69) is 58.5 Å². The van der Waals surface area contributed by atoms with E-state index < -0.39 is 165 Å². The first-order valence-electron chi connectivity index (χ1n) is 27.3. The van der Waals surface area contributed by atoms with Gasteiger partial charge in [0.1, 0.15) is 43.4 Å². The van der Waals surface area contributed by atoms with Crippen molar-refractivity contribution in [3.05, 3.63) is 89.5 Å². The average molecular weight is 1150 g/mol. The molecule has 27 nitrogen and oxygen atoms in total. The number of hydrogen-bond acceptors (Lipinski definition) is 15. The average Bonchev–Trinajstić information content (AvgIpc) is 2.87. The van der Waals surface area contributed by atoms with Crippen LogP contribution in [0.3, 0.4) is 0 Å². The number of amides is 12. The number of aliphatic hydroxyl groups excluding tert-OH is 2. The zero-order chi connectivity index (χ0) is 60.3. The second-order valence-electron chi connectivity index (χ2n) is 20.5. The molecule has 446 valence electrons. The third-order valence-corrected chi connectivity index (χ3v) is 14.5. The van der Waals surface area contributed by atoms with Crippen LogP contribution in [0.2, 0.25) is 0 Å². The van der Waals surface area contributed by atoms with E-state index in [0.717, 1.165) is 27.2 Å². The van der Waals surface area contributed by atoms with Gasteiger partial charge in [-0.2, -0.15) is 0 Å². The number of carbonyl (C=O) groups is 12. The molecule has 3 aromatic rings. The predicted octanol–water partition coefficient (Wildman–Crippen LogP) is -2.37. The highest BCUT2D eigenvalue weighted by Gasteiger charge is 2.41. The Labute approximate surface area is 478 Å². The van der Waals surface area contributed by atoms with E-state index in [4.69, 9.17) is 4.74 Å². The molecule has 83 heavy (non-hydrogen) atoms. The van der Waals surface area contributed by atoms with E-state index in [1.165, 1.54) is 26.0 Å². The summed E-state index contributed by atoms with van der Waals surface area (Å²) < 4.78 is 5.48. The summed E-state index contributed by atoms with van der Waals surface area (Å²) >= 11 is 0. The van der Waals surface area contributed by atoms with Gasteiger partial charge in [0.2, 0.25) is 65.0 Å². The number of anilines is 1. The van der Waals surface area contributed by atoms with Crippen molar-refractivity contribution in [2.24, 2.45) is 11.8 Å². The molecule has 12 amide bonds. The molecule has 8 atom stereocenters. The first-order chi connectivity index (χ1) is 39.7. The number of fused-ring (bicyclic) bond motifs is 4. The first-order valence-corrected chi connectivity index (χ1v) is 27.3. The number of nitrogens with one attached hydrogen (secondary N) is 11. The van der Waals surface area contributed by atoms with E-state index >= 15 is 0 Å². The van der Waals surface area contributed by atoms with E-state index in [0.29, 0.717) is 17.7 Å². The summed E-state index contributed by atoms with van der Waals surface area (Å²) in [6, 6.07) is 15.3. The lowest BCUT2D eigenvalue weighted by Gasteiger charge is -2.31. The molecule has 0 spiro atoms. The molecule has 2 fully saturated rings. The maximum Gasteiger partial charge on any atom is 0.407 e. The third kappa shape index (κ3) is 17.8. The summed E-state index contributed by atoms with van der Waals surface area (Å²) in [6.45, 7) is 2.19. The van der Waals surface area contributed by atoms with E-state index in [9.17, 15) is 67.7 Å². The molecule has 2 aliphatic heterocycles. The fourth-order valence-corrected chi connectivity index (χ4v) is 9.56. The summed E-state index contributed by atoms with van der Waals surface area (Å²) in [4.78, 5) is 160. The van der Waals surface area contributed by atoms with Crippen LogP contribution in [0.5, 0.6) is 0 Å². The lowest BCUT2D eigenvalue weighted by Crippen LogP contribution is -2.60. The largest absolute Gasteiger partial charge is 0.449 e. The SMILES string of the molecule is CCC(C)C1NC(=O)CNC(=O)CNC(=O)C([C@@H](C)C(O)CO)NC(=O)C2CCCN2C(=O)C(CC(=O)NCc2ccc(NC(=O)C(C)NC(=O)CNC(=O)OCC3c4ccccc4-c4ccccc43)cc2)NC(=O)CNC(=O)CNC1=O. The van der Waals surface area contributed by atoms with Gasteiger partial charge in [-0.15, -0.1) is 0 Å². The molecule has 3 aliphatic rings. The predicted molar refractivity (Wildman–Crippen MR) is 296 cm³/mol. The van der Waals surface area contributed by atoms with Gasteiger partial charge in [-0.25, -0.2) is 4.79 Å². The van der Waals surface area contributed by atoms with Crippen molar-refractivity contribution in [3.63, 3.8) is 0 Å². The Hall–Kier alpha value is -8.98. The number of alkyl carbamates (subject to hydrolysis) is 1. The van der Waals surface area contributed by atoms with E-state index in [1.807, 2.05) is 48.5 Å². The minimum absolute atomic E-state index is 0.0344. The van der Waals surface area contributed by atoms with Crippen LogP contribution in [-0.4, -0.2) is 175 Å². The molecule has 0 bridgehead atoms. The Morgan fingerprint density at radius 2 is 1.27 bits per heavy atom. The fraction of sp³-hybridized carbons (Fsp3) is 0.464. The monoisotopic (exact) mass is 1150 g/mol. The molecule has 27 heteroatoms. The minimum Gasteiger partial charge on any atom is -0.449 e. The summed E-state index contributed by atoms with van der Waals surface area (Å²) in [5.74, 6) is -10.6. The van der Waals surface area contributed by atoms with Gasteiger partial charge in [-0.1, -0.05) is 87.9 Å². The van der Waals surface area contributed by atoms with Crippen molar-refractivity contribution in [1.29, 1.82) is 0 Å². The molecule has 6 rings (SSSR count). The first kappa shape index (κ1) is 63.2. The van der Waals surface area contributed by atoms with Crippen molar-refractivity contribution in [1.82, 2.24) is 58.1 Å². The van der Waals surface area contributed by atoms with Crippen LogP contribution >= 0.6 is 0 Å². The Morgan fingerprint density at radius 3 is 1.87 bits per heavy atom. The van der Waals surface area contributed by atoms with Crippen LogP contribution in [0.25, 0.3) is 11.1 Å². The third-order valence-electron chi connectivity index (χ3n) is 14.5. The molecule has 13 N–H and O–H groups in total. The Bertz CT molecular complexity index is 2860. The summed E-state index contributed by atoms with van der Waals surface area (Å²) in [7, 11) is 0. The number of aliphatic hydroxyl groups is 2. The van der Waals surface area contributed by atoms with Gasteiger partial charge in [-0.05, 0) is 65.6 Å². The summed E-state index contributed by atoms with van der Waals surface area (Å²) in [6.07, 6.45) is -2.27. The van der Waals surface area contributed by atoms with E-state index in [1.54, 1.807) is 26.0 Å². The maximum atomic E-state index is 14.4. The normalized spacial score (nSPS) is 20.9. The number of rotatable bonds is 16. The van der Waals surface area contributed by atoms with Gasteiger partial charge in [0.25, 0.3) is 0 Å². The van der Waals surface area contributed by atoms with Crippen LogP contribution < -0.4 is 58.5 Å². The number of hydrogen-bond donors (Lipinski definition) is 13. The summed E-state index contributed by atoms with van der Waals surface area (Å²) in [5, 5.41) is 47.4. The van der Waals surface area contributed by atoms with Gasteiger partial charge in [-0.3, -0.25) is 52.7 Å². The lowest BCUT2D eigenvalue weighted by molar-refractivity contribution is -0.143. The molecule has 2 saturated heterocycles. The Kier molecular flexibility index (Phi) is 23.0. The minimum atomic E-state index is -1.63. The van der Waals surface area contributed by atoms with Gasteiger partial charge < -0.3 is 78.3 Å². The smallest absolute Gasteiger partial charge is 0.407 e. The van der Waals surface area contributed by atoms with Crippen molar-refractivity contribution in [3.8, 4) is 11.1 Å². The molecule has 1 aliphatic carbocycles. The molecule has 0 radical (unpaired) electrons. The molecule has 0 saturated carbocycles. The van der Waals surface area contributed by atoms with Gasteiger partial charge in [0.05, 0.1) is 45.3 Å². The molecule has 2 heterocycles. The Balaban J connectivity index is 1.05. The van der Waals surface area contributed by atoms with E-state index in [-0.39, 0.29) is 38.5 Å². The second kappa shape index (κ2) is 30.2. The highest BCUT2D eigenvalue weighted by molar-refractivity contribution is 5.99. The topological polar surface area (TPSA) is 390 Å². The van der Waals surface area contributed by atoms with Crippen LogP contribution in [-0.2, 0) is 64.0 Å². The standard InChI is InChI=1S/C56H72N12O15/c1-5-30(2)49-53(79)60-23-44(72)58-25-47(75)65-40(55(81)68-20-10-15-41(68)52(78)67-50(31(3)42(70)28-69)54(80)61-24-45(73)59-26-48(76)66-49)21-43(71)57-22-33-16-18-34(19-17-33)64-51(77)32(4)63-46(74)27-62-56(82)83-29-39-37-13-8-6-11-35(37)36-12-7-9-14-38(36)39/h6-9,11-14,16-19,30-32,39-42,49-50,69-70H,5,10,15,20-29H2,1-4H3,(H,57,71)(H,58,72)(H,59,73)(H,60,79)(H,61,80)(H,62,82)(H,63,74)(H,64,77)(H,65,75)(H,66,76)(H,67,78)/t30?,31-,32?,40?,41?,42?,49?,50?/m0/s1. The zero-order valence-electron chi connectivity index (χ0n) is 46.5. The highest BCUT2D eigenvalue weighted by atomic mass is 16.5. The van der Waals surface area contributed by atoms with Crippen molar-refractivity contribution in [2.45, 2.75) is 102 Å². The lowest BCUT2D eigenvalue weighted by atomic mass is 9.94. The van der Waals surface area contributed by atoms with Gasteiger partial charge in [0, 0.05) is 30.6 Å². The quantitative estimate of drug-likeness (QED) is 0.0713. The summed E-state index contributed by atoms with van der Waals surface area (Å²) in [5.41, 5.74) is 5.05. The fourth-order valence-electron chi connectivity index (χ4n) is 9.56. The van der Waals surface area contributed by atoms with Crippen molar-refractivity contribution >= 4 is 76.8 Å². The molecule has 7 unspecified atom stereocenters. The van der Waals surface area contributed by atoms with Crippen LogP contribution in [0, 0.1) is 11.8 Å². The van der Waals surface area contributed by atoms with Crippen molar-refractivity contribution in [2.75, 3.05) is 57.8 Å². The number of ether oxygens (including phenoxy) is 1. The van der Waals surface area contributed by atoms with Crippen LogP contribution in [0.1, 0.15) is 76.0 Å². The number of carbonyl (C=O) groups excluding carboxylic acids is 12. The van der Waals surface area contributed by atoms with Crippen LogP contribution in [0.4, 0.5) is 10.5 Å². The molecule has 0 aromatic heterocycles. The van der Waals surface area contributed by atoms with Crippen LogP contribution in [0.15, 0.2) is 72.8 Å². The molecular weight excluding hydrogens is 1080 g/mol. The van der Waals surface area contributed by atoms with Gasteiger partial charge >= 0.3 is 6.09 Å². The Morgan fingerprint density at radius 1 is 0.687 bits per heavy atom. The highest BCUT2D eigenvalue weighted by Crippen LogP contribution is 2.44. The second-order valence-corrected chi connectivity index (χ2v) is 20.5. The number of nitrogens with zero attached hydrogens (tertiary/aromatic N) is 1. The molecular formula is C56H72N12O15.